The van der Waals surface area contributed by atoms with Crippen molar-refractivity contribution in [3.05, 3.63) is 34.4 Å². The summed E-state index contributed by atoms with van der Waals surface area (Å²) >= 11 is 1.68. The number of rotatable bonds is 0. The highest BCUT2D eigenvalue weighted by Crippen LogP contribution is 2.53. The number of carbonyl (C=O) groups excluding carboxylic acids is 1. The fourth-order valence-corrected chi connectivity index (χ4v) is 4.13. The molecule has 0 aromatic carbocycles. The van der Waals surface area contributed by atoms with Gasteiger partial charge in [-0.1, -0.05) is 11.6 Å². The lowest BCUT2D eigenvalue weighted by Gasteiger charge is -2.34. The largest absolute Gasteiger partial charge is 0.294 e. The van der Waals surface area contributed by atoms with Crippen molar-refractivity contribution in [2.75, 3.05) is 5.75 Å². The number of ketones is 1. The number of nitriles is 1. The van der Waals surface area contributed by atoms with Crippen LogP contribution in [0.2, 0.25) is 0 Å². The van der Waals surface area contributed by atoms with Gasteiger partial charge in [0.15, 0.2) is 5.78 Å². The first-order chi connectivity index (χ1) is 8.76. The van der Waals surface area contributed by atoms with Crippen molar-refractivity contribution in [2.24, 2.45) is 10.4 Å². The number of Topliss-reactive ketones (excluding diaryl/α,β-unsaturated/α-hetero) is 1. The van der Waals surface area contributed by atoms with Crippen molar-refractivity contribution in [1.29, 1.82) is 5.26 Å². The molecule has 0 saturated carbocycles. The lowest BCUT2D eigenvalue weighted by molar-refractivity contribution is -0.115. The van der Waals surface area contributed by atoms with E-state index in [0.29, 0.717) is 6.42 Å². The molecule has 2 aliphatic heterocycles. The summed E-state index contributed by atoms with van der Waals surface area (Å²) in [7, 11) is 0. The number of allylic oxidation sites excluding steroid dienone is 4. The Labute approximate surface area is 110 Å². The van der Waals surface area contributed by atoms with Gasteiger partial charge in [-0.2, -0.15) is 5.26 Å². The zero-order valence-electron chi connectivity index (χ0n) is 9.85. The predicted octanol–water partition coefficient (Wildman–Crippen LogP) is 2.77. The molecule has 0 aromatic rings. The SMILES string of the molecule is N#CC=C1CC=C2N=CCC(=O)C3=CSCC23C1. The first-order valence-corrected chi connectivity index (χ1v) is 6.97. The molecule has 2 heterocycles. The highest BCUT2D eigenvalue weighted by molar-refractivity contribution is 8.02. The van der Waals surface area contributed by atoms with Crippen LogP contribution in [0.1, 0.15) is 19.3 Å². The predicted molar refractivity (Wildman–Crippen MR) is 72.1 cm³/mol. The molecule has 3 aliphatic rings. The number of thioether (sulfide) groups is 1. The van der Waals surface area contributed by atoms with E-state index in [4.69, 9.17) is 5.26 Å². The average molecular weight is 256 g/mol. The second kappa shape index (κ2) is 4.25. The summed E-state index contributed by atoms with van der Waals surface area (Å²) in [5, 5.41) is 10.8. The summed E-state index contributed by atoms with van der Waals surface area (Å²) in [5.41, 5.74) is 2.73. The minimum Gasteiger partial charge on any atom is -0.294 e. The Morgan fingerprint density at radius 3 is 3.22 bits per heavy atom. The van der Waals surface area contributed by atoms with Crippen molar-refractivity contribution >= 4 is 23.8 Å². The summed E-state index contributed by atoms with van der Waals surface area (Å²) in [4.78, 5) is 16.6. The summed E-state index contributed by atoms with van der Waals surface area (Å²) in [6, 6.07) is 2.10. The number of carbonyl (C=O) groups is 1. The molecule has 3 rings (SSSR count). The smallest absolute Gasteiger partial charge is 0.165 e. The Morgan fingerprint density at radius 2 is 2.39 bits per heavy atom. The van der Waals surface area contributed by atoms with Crippen molar-refractivity contribution in [3.8, 4) is 6.07 Å². The molecule has 1 atom stereocenters. The van der Waals surface area contributed by atoms with Crippen molar-refractivity contribution < 1.29 is 4.79 Å². The van der Waals surface area contributed by atoms with Gasteiger partial charge in [-0.05, 0) is 18.2 Å². The molecular formula is C14H12N2OS. The minimum atomic E-state index is -0.268. The highest BCUT2D eigenvalue weighted by atomic mass is 32.2. The van der Waals surface area contributed by atoms with E-state index in [1.807, 2.05) is 5.41 Å². The van der Waals surface area contributed by atoms with Crippen LogP contribution in [0.5, 0.6) is 0 Å². The molecule has 1 spiro atoms. The van der Waals surface area contributed by atoms with Gasteiger partial charge >= 0.3 is 0 Å². The van der Waals surface area contributed by atoms with Gasteiger partial charge in [0.25, 0.3) is 0 Å². The monoisotopic (exact) mass is 256 g/mol. The van der Waals surface area contributed by atoms with Crippen LogP contribution >= 0.6 is 11.8 Å². The Balaban J connectivity index is 2.12. The second-order valence-electron chi connectivity index (χ2n) is 4.77. The summed E-state index contributed by atoms with van der Waals surface area (Å²) in [6.45, 7) is 0. The van der Waals surface area contributed by atoms with E-state index < -0.39 is 0 Å². The Kier molecular flexibility index (Phi) is 2.71. The first kappa shape index (κ1) is 11.5. The Hall–Kier alpha value is -1.60. The van der Waals surface area contributed by atoms with E-state index in [1.165, 1.54) is 0 Å². The van der Waals surface area contributed by atoms with Crippen molar-refractivity contribution in [1.82, 2.24) is 0 Å². The van der Waals surface area contributed by atoms with E-state index in [9.17, 15) is 4.79 Å². The van der Waals surface area contributed by atoms with Gasteiger partial charge in [0, 0.05) is 35.7 Å². The van der Waals surface area contributed by atoms with Gasteiger partial charge in [0.05, 0.1) is 11.5 Å². The third kappa shape index (κ3) is 1.58. The van der Waals surface area contributed by atoms with E-state index in [0.717, 1.165) is 35.4 Å². The topological polar surface area (TPSA) is 53.2 Å². The lowest BCUT2D eigenvalue weighted by Crippen LogP contribution is -2.31. The van der Waals surface area contributed by atoms with Gasteiger partial charge in [0.1, 0.15) is 0 Å². The molecule has 0 fully saturated rings. The molecule has 1 aliphatic carbocycles. The Morgan fingerprint density at radius 1 is 1.50 bits per heavy atom. The third-order valence-corrected chi connectivity index (χ3v) is 4.76. The van der Waals surface area contributed by atoms with Crippen LogP contribution in [-0.2, 0) is 4.79 Å². The fraction of sp³-hybridized carbons (Fsp3) is 0.357. The van der Waals surface area contributed by atoms with Crippen LogP contribution in [-0.4, -0.2) is 17.8 Å². The van der Waals surface area contributed by atoms with E-state index in [2.05, 4.69) is 17.1 Å². The molecule has 0 N–H and O–H groups in total. The van der Waals surface area contributed by atoms with Gasteiger partial charge in [0.2, 0.25) is 0 Å². The highest BCUT2D eigenvalue weighted by Gasteiger charge is 2.46. The lowest BCUT2D eigenvalue weighted by atomic mass is 9.70. The number of hydrogen-bond acceptors (Lipinski definition) is 4. The van der Waals surface area contributed by atoms with Crippen LogP contribution in [0.25, 0.3) is 0 Å². The molecule has 3 nitrogen and oxygen atoms in total. The fourth-order valence-electron chi connectivity index (χ4n) is 2.84. The molecule has 90 valence electrons. The second-order valence-corrected chi connectivity index (χ2v) is 5.62. The van der Waals surface area contributed by atoms with E-state index >= 15 is 0 Å². The quantitative estimate of drug-likeness (QED) is 0.626. The first-order valence-electron chi connectivity index (χ1n) is 5.92. The molecule has 0 aromatic heterocycles. The van der Waals surface area contributed by atoms with Crippen molar-refractivity contribution in [3.63, 3.8) is 0 Å². The van der Waals surface area contributed by atoms with Crippen LogP contribution < -0.4 is 0 Å². The van der Waals surface area contributed by atoms with Gasteiger partial charge in [-0.25, -0.2) is 0 Å². The zero-order chi connectivity index (χ0) is 12.6. The maximum atomic E-state index is 12.1. The van der Waals surface area contributed by atoms with Crippen molar-refractivity contribution in [2.45, 2.75) is 19.3 Å². The van der Waals surface area contributed by atoms with Crippen LogP contribution in [0.15, 0.2) is 39.4 Å². The van der Waals surface area contributed by atoms with Crippen LogP contribution in [0, 0.1) is 16.7 Å². The van der Waals surface area contributed by atoms with Gasteiger partial charge < -0.3 is 0 Å². The summed E-state index contributed by atoms with van der Waals surface area (Å²) < 4.78 is 0. The molecule has 0 amide bonds. The average Bonchev–Trinajstić information content (AvgIpc) is 2.71. The molecule has 0 saturated heterocycles. The molecular weight excluding hydrogens is 244 g/mol. The van der Waals surface area contributed by atoms with E-state index in [1.54, 1.807) is 24.1 Å². The van der Waals surface area contributed by atoms with Gasteiger partial charge in [-0.15, -0.1) is 11.8 Å². The maximum Gasteiger partial charge on any atom is 0.165 e. The number of hydrogen-bond donors (Lipinski definition) is 0. The standard InChI is InChI=1S/C14H12N2OS/c15-5-3-10-1-2-13-14(7-10)9-18-8-11(14)12(17)4-6-16-13/h2-3,6,8H,1,4,7,9H2. The van der Waals surface area contributed by atoms with Crippen LogP contribution in [0.3, 0.4) is 0 Å². The maximum absolute atomic E-state index is 12.1. The number of nitrogens with zero attached hydrogens (tertiary/aromatic N) is 2. The molecule has 1 unspecified atom stereocenters. The van der Waals surface area contributed by atoms with Crippen LogP contribution in [0.4, 0.5) is 0 Å². The summed E-state index contributed by atoms with van der Waals surface area (Å²) in [5.74, 6) is 1.03. The minimum absolute atomic E-state index is 0.172. The number of aliphatic imine (C=N–C) groups is 1. The molecule has 0 bridgehead atoms. The summed E-state index contributed by atoms with van der Waals surface area (Å²) in [6.07, 6.45) is 7.33. The van der Waals surface area contributed by atoms with E-state index in [-0.39, 0.29) is 11.2 Å². The zero-order valence-corrected chi connectivity index (χ0v) is 10.7. The third-order valence-electron chi connectivity index (χ3n) is 3.70. The molecule has 0 radical (unpaired) electrons. The Bertz CT molecular complexity index is 577. The normalized spacial score (nSPS) is 32.2. The molecule has 4 heteroatoms. The van der Waals surface area contributed by atoms with Gasteiger partial charge in [-0.3, -0.25) is 9.79 Å². The molecule has 18 heavy (non-hydrogen) atoms.